The van der Waals surface area contributed by atoms with Crippen molar-refractivity contribution in [1.82, 2.24) is 15.6 Å². The Kier molecular flexibility index (Phi) is 11.3. The quantitative estimate of drug-likeness (QED) is 0.235. The fraction of sp³-hybridized carbons (Fsp3) is 0.486. The molecule has 2 aliphatic rings. The van der Waals surface area contributed by atoms with Crippen molar-refractivity contribution in [3.63, 3.8) is 0 Å². The molecule has 252 valence electrons. The van der Waals surface area contributed by atoms with Crippen LogP contribution in [0.4, 0.5) is 11.5 Å². The van der Waals surface area contributed by atoms with Gasteiger partial charge in [-0.2, -0.15) is 0 Å². The SMILES string of the molecule is COc1cc2c(cc1OC(C)C)C(c1ccc(Cl)cc1)N(c1ccc(N(C)CC3CCC(NCC(=O)NC(C)C)CC3)cn1)C(=O)C2. The maximum atomic E-state index is 13.9. The van der Waals surface area contributed by atoms with Crippen LogP contribution in [-0.2, 0) is 16.0 Å². The van der Waals surface area contributed by atoms with Crippen molar-refractivity contribution in [3.8, 4) is 11.5 Å². The highest BCUT2D eigenvalue weighted by molar-refractivity contribution is 6.30. The van der Waals surface area contributed by atoms with Gasteiger partial charge in [0, 0.05) is 30.7 Å². The van der Waals surface area contributed by atoms with Crippen molar-refractivity contribution < 1.29 is 19.1 Å². The highest BCUT2D eigenvalue weighted by Crippen LogP contribution is 2.43. The molecule has 2 heterocycles. The molecule has 2 amide bonds. The highest BCUT2D eigenvalue weighted by atomic mass is 35.5. The van der Waals surface area contributed by atoms with Crippen LogP contribution in [-0.4, -0.2) is 62.2 Å². The number of nitrogens with zero attached hydrogens (tertiary/aromatic N) is 3. The van der Waals surface area contributed by atoms with Crippen molar-refractivity contribution in [2.24, 2.45) is 5.92 Å². The third-order valence-corrected chi connectivity index (χ3v) is 9.19. The van der Waals surface area contributed by atoms with Crippen LogP contribution in [0, 0.1) is 5.92 Å². The molecule has 1 aromatic heterocycles. The predicted octanol–water partition coefficient (Wildman–Crippen LogP) is 6.32. The molecule has 0 bridgehead atoms. The number of hydrogen-bond donors (Lipinski definition) is 2. The van der Waals surface area contributed by atoms with Crippen LogP contribution in [0.25, 0.3) is 0 Å². The summed E-state index contributed by atoms with van der Waals surface area (Å²) in [7, 11) is 3.71. The van der Waals surface area contributed by atoms with Crippen LogP contribution in [0.2, 0.25) is 5.02 Å². The summed E-state index contributed by atoms with van der Waals surface area (Å²) in [6.07, 6.45) is 6.38. The highest BCUT2D eigenvalue weighted by Gasteiger charge is 2.37. The number of methoxy groups -OCH3 is 1. The first-order valence-electron chi connectivity index (χ1n) is 16.7. The Morgan fingerprint density at radius 1 is 1.04 bits per heavy atom. The number of rotatable bonds is 12. The van der Waals surface area contributed by atoms with Gasteiger partial charge in [-0.05, 0) is 112 Å². The number of aromatic nitrogens is 1. The minimum Gasteiger partial charge on any atom is -0.493 e. The van der Waals surface area contributed by atoms with Gasteiger partial charge in [-0.15, -0.1) is 0 Å². The van der Waals surface area contributed by atoms with Crippen LogP contribution in [0.15, 0.2) is 54.7 Å². The van der Waals surface area contributed by atoms with Crippen molar-refractivity contribution in [3.05, 3.63) is 76.4 Å². The number of pyridine rings is 1. The molecule has 0 radical (unpaired) electrons. The number of anilines is 2. The summed E-state index contributed by atoms with van der Waals surface area (Å²) in [5.41, 5.74) is 3.80. The number of carbonyl (C=O) groups is 2. The molecule has 1 aliphatic heterocycles. The number of ether oxygens (including phenoxy) is 2. The second-order valence-corrected chi connectivity index (χ2v) is 13.8. The van der Waals surface area contributed by atoms with Gasteiger partial charge < -0.3 is 25.0 Å². The summed E-state index contributed by atoms with van der Waals surface area (Å²) in [6.45, 7) is 9.20. The Hall–Kier alpha value is -3.82. The van der Waals surface area contributed by atoms with E-state index in [9.17, 15) is 9.59 Å². The lowest BCUT2D eigenvalue weighted by Crippen LogP contribution is -2.43. The molecule has 1 fully saturated rings. The van der Waals surface area contributed by atoms with Gasteiger partial charge in [0.05, 0.1) is 44.1 Å². The van der Waals surface area contributed by atoms with Crippen LogP contribution in [0.3, 0.4) is 0 Å². The Morgan fingerprint density at radius 3 is 2.38 bits per heavy atom. The van der Waals surface area contributed by atoms with Crippen molar-refractivity contribution >= 4 is 34.9 Å². The van der Waals surface area contributed by atoms with Gasteiger partial charge >= 0.3 is 0 Å². The van der Waals surface area contributed by atoms with E-state index in [1.165, 1.54) is 0 Å². The standard InChI is InChI=1S/C37H48ClN5O4/c1-23(2)41-35(44)21-39-29-13-7-25(8-14-29)22-42(5)30-15-16-34(40-20-30)43-36(45)18-27-17-32(46-6)33(47-24(3)4)19-31(27)37(43)26-9-11-28(38)12-10-26/h9-12,15-17,19-20,23-25,29,37,39H,7-8,13-14,18,21-22H2,1-6H3,(H,41,44). The number of benzene rings is 2. The number of nitrogens with one attached hydrogen (secondary N) is 2. The smallest absolute Gasteiger partial charge is 0.234 e. The van der Waals surface area contributed by atoms with E-state index < -0.39 is 6.04 Å². The average molecular weight is 662 g/mol. The third-order valence-electron chi connectivity index (χ3n) is 8.94. The lowest BCUT2D eigenvalue weighted by atomic mass is 9.85. The van der Waals surface area contributed by atoms with E-state index in [0.717, 1.165) is 54.6 Å². The molecule has 9 nitrogen and oxygen atoms in total. The number of amides is 2. The second kappa shape index (κ2) is 15.4. The summed E-state index contributed by atoms with van der Waals surface area (Å²) in [5.74, 6) is 2.42. The normalized spacial score (nSPS) is 19.5. The topological polar surface area (TPSA) is 96.0 Å². The first-order chi connectivity index (χ1) is 22.5. The molecule has 47 heavy (non-hydrogen) atoms. The lowest BCUT2D eigenvalue weighted by molar-refractivity contribution is -0.121. The van der Waals surface area contributed by atoms with Crippen LogP contribution >= 0.6 is 11.6 Å². The maximum Gasteiger partial charge on any atom is 0.234 e. The van der Waals surface area contributed by atoms with E-state index >= 15 is 0 Å². The van der Waals surface area contributed by atoms with E-state index in [1.54, 1.807) is 12.0 Å². The maximum absolute atomic E-state index is 13.9. The zero-order valence-corrected chi connectivity index (χ0v) is 29.1. The fourth-order valence-electron chi connectivity index (χ4n) is 6.69. The Morgan fingerprint density at radius 2 is 1.77 bits per heavy atom. The fourth-order valence-corrected chi connectivity index (χ4v) is 6.82. The van der Waals surface area contributed by atoms with Gasteiger partial charge in [0.25, 0.3) is 0 Å². The van der Waals surface area contributed by atoms with Gasteiger partial charge in [0.15, 0.2) is 11.5 Å². The molecular weight excluding hydrogens is 614 g/mol. The van der Waals surface area contributed by atoms with E-state index in [0.29, 0.717) is 40.8 Å². The minimum atomic E-state index is -0.416. The number of hydrogen-bond acceptors (Lipinski definition) is 7. The molecule has 10 heteroatoms. The molecule has 3 aromatic rings. The second-order valence-electron chi connectivity index (χ2n) is 13.3. The summed E-state index contributed by atoms with van der Waals surface area (Å²) >= 11 is 6.27. The molecule has 2 N–H and O–H groups in total. The van der Waals surface area contributed by atoms with Crippen molar-refractivity contribution in [2.45, 2.75) is 84.0 Å². The Labute approximate surface area is 284 Å². The third kappa shape index (κ3) is 8.56. The molecule has 1 aliphatic carbocycles. The summed E-state index contributed by atoms with van der Waals surface area (Å²) in [6, 6.07) is 15.6. The summed E-state index contributed by atoms with van der Waals surface area (Å²) < 4.78 is 11.8. The van der Waals surface area contributed by atoms with Gasteiger partial charge in [0.2, 0.25) is 11.8 Å². The molecule has 1 unspecified atom stereocenters. The molecule has 5 rings (SSSR count). The Bertz CT molecular complexity index is 1520. The number of halogens is 1. The van der Waals surface area contributed by atoms with E-state index in [2.05, 4.69) is 22.6 Å². The van der Waals surface area contributed by atoms with Gasteiger partial charge in [0.1, 0.15) is 5.82 Å². The summed E-state index contributed by atoms with van der Waals surface area (Å²) in [5, 5.41) is 7.00. The average Bonchev–Trinajstić information content (AvgIpc) is 3.04. The largest absolute Gasteiger partial charge is 0.493 e. The lowest BCUT2D eigenvalue weighted by Gasteiger charge is -2.37. The molecular formula is C37H48ClN5O4. The predicted molar refractivity (Wildman–Crippen MR) is 188 cm³/mol. The van der Waals surface area contributed by atoms with E-state index in [1.807, 2.05) is 82.4 Å². The zero-order chi connectivity index (χ0) is 33.7. The van der Waals surface area contributed by atoms with Crippen LogP contribution < -0.4 is 29.9 Å². The molecule has 1 saturated carbocycles. The molecule has 1 atom stereocenters. The van der Waals surface area contributed by atoms with Gasteiger partial charge in [-0.1, -0.05) is 23.7 Å². The van der Waals surface area contributed by atoms with Crippen LogP contribution in [0.5, 0.6) is 11.5 Å². The van der Waals surface area contributed by atoms with Gasteiger partial charge in [-0.3, -0.25) is 14.5 Å². The summed E-state index contributed by atoms with van der Waals surface area (Å²) in [4.78, 5) is 34.8. The van der Waals surface area contributed by atoms with Crippen LogP contribution in [0.1, 0.15) is 76.1 Å². The minimum absolute atomic E-state index is 0.0436. The molecule has 2 aromatic carbocycles. The van der Waals surface area contributed by atoms with E-state index in [4.69, 9.17) is 26.1 Å². The first-order valence-corrected chi connectivity index (χ1v) is 17.0. The first kappa shape index (κ1) is 34.5. The monoisotopic (exact) mass is 661 g/mol. The molecule has 0 saturated heterocycles. The Balaban J connectivity index is 1.31. The van der Waals surface area contributed by atoms with Gasteiger partial charge in [-0.25, -0.2) is 4.98 Å². The number of carbonyl (C=O) groups excluding carboxylic acids is 2. The zero-order valence-electron chi connectivity index (χ0n) is 28.4. The van der Waals surface area contributed by atoms with Crippen molar-refractivity contribution in [2.75, 3.05) is 37.0 Å². The molecule has 0 spiro atoms. The van der Waals surface area contributed by atoms with E-state index in [-0.39, 0.29) is 30.4 Å². The van der Waals surface area contributed by atoms with Crippen molar-refractivity contribution in [1.29, 1.82) is 0 Å². The number of fused-ring (bicyclic) bond motifs is 1.